The maximum atomic E-state index is 12.4. The van der Waals surface area contributed by atoms with Crippen LogP contribution in [0.1, 0.15) is 53.4 Å². The minimum Gasteiger partial charge on any atom is -0.444 e. The Morgan fingerprint density at radius 3 is 2.57 bits per heavy atom. The van der Waals surface area contributed by atoms with Gasteiger partial charge in [-0.25, -0.2) is 4.79 Å². The first-order chi connectivity index (χ1) is 9.27. The molecule has 0 radical (unpaired) electrons. The smallest absolute Gasteiger partial charge is 0.410 e. The average molecular weight is 489 g/mol. The van der Waals surface area contributed by atoms with Crippen LogP contribution in [-0.4, -0.2) is 46.5 Å². The van der Waals surface area contributed by atoms with Gasteiger partial charge in [-0.15, -0.1) is 0 Å². The molecule has 3 atom stereocenters. The largest absolute Gasteiger partial charge is 0.444 e. The molecule has 21 heavy (non-hydrogen) atoms. The standard InChI is InChI=1S/C14H28NO4P.W/c1-11(19-20)14(8-6-10-16)7-5-9-15(14)12(17)18-13(2,3)4;/h11,16H,5-10,20H2,1-4H3;. The number of aliphatic hydroxyl groups excluding tert-OH is 1. The molecule has 1 saturated heterocycles. The van der Waals surface area contributed by atoms with E-state index >= 15 is 0 Å². The Morgan fingerprint density at radius 1 is 1.48 bits per heavy atom. The molecule has 0 spiro atoms. The molecule has 0 saturated carbocycles. The molecule has 0 aromatic rings. The minimum atomic E-state index is -0.506. The molecule has 0 bridgehead atoms. The summed E-state index contributed by atoms with van der Waals surface area (Å²) in [6, 6.07) is 0. The Morgan fingerprint density at radius 2 is 2.10 bits per heavy atom. The molecule has 1 aliphatic heterocycles. The zero-order valence-electron chi connectivity index (χ0n) is 13.4. The van der Waals surface area contributed by atoms with Crippen molar-refractivity contribution in [3.8, 4) is 0 Å². The summed E-state index contributed by atoms with van der Waals surface area (Å²) >= 11 is 0. The van der Waals surface area contributed by atoms with E-state index < -0.39 is 5.60 Å². The SMILES string of the molecule is CC(OP)C1(CCCO)CCCN1C(=O)OC(C)(C)C.[W]. The quantitative estimate of drug-likeness (QED) is 0.604. The molecule has 1 rings (SSSR count). The number of hydrogen-bond acceptors (Lipinski definition) is 4. The van der Waals surface area contributed by atoms with Crippen molar-refractivity contribution in [2.75, 3.05) is 13.2 Å². The fraction of sp³-hybridized carbons (Fsp3) is 0.929. The molecule has 1 N–H and O–H groups in total. The van der Waals surface area contributed by atoms with Gasteiger partial charge in [0, 0.05) is 43.7 Å². The topological polar surface area (TPSA) is 59.0 Å². The number of amides is 1. The summed E-state index contributed by atoms with van der Waals surface area (Å²) in [6.45, 7) is 8.36. The summed E-state index contributed by atoms with van der Waals surface area (Å²) in [4.78, 5) is 14.2. The van der Waals surface area contributed by atoms with Crippen molar-refractivity contribution in [1.29, 1.82) is 0 Å². The second-order valence-corrected chi connectivity index (χ2v) is 6.72. The van der Waals surface area contributed by atoms with Crippen molar-refractivity contribution in [1.82, 2.24) is 4.90 Å². The van der Waals surface area contributed by atoms with Crippen molar-refractivity contribution < 1.29 is 40.2 Å². The van der Waals surface area contributed by atoms with E-state index in [-0.39, 0.29) is 45.4 Å². The number of hydrogen-bond donors (Lipinski definition) is 1. The minimum absolute atomic E-state index is 0. The third-order valence-corrected chi connectivity index (χ3v) is 4.28. The van der Waals surface area contributed by atoms with Gasteiger partial charge in [0.05, 0.1) is 11.6 Å². The van der Waals surface area contributed by atoms with E-state index in [1.54, 1.807) is 4.90 Å². The molecular formula is C14H28NO4PW. The first-order valence-electron chi connectivity index (χ1n) is 7.24. The maximum absolute atomic E-state index is 12.4. The van der Waals surface area contributed by atoms with Crippen molar-refractivity contribution in [3.63, 3.8) is 0 Å². The average Bonchev–Trinajstić information content (AvgIpc) is 2.78. The van der Waals surface area contributed by atoms with Gasteiger partial charge in [-0.05, 0) is 53.4 Å². The zero-order chi connectivity index (χ0) is 15.4. The molecular weight excluding hydrogens is 461 g/mol. The number of carbonyl (C=O) groups is 1. The van der Waals surface area contributed by atoms with Crippen LogP contribution in [-0.2, 0) is 30.3 Å². The predicted octanol–water partition coefficient (Wildman–Crippen LogP) is 2.72. The van der Waals surface area contributed by atoms with Crippen molar-refractivity contribution in [3.05, 3.63) is 0 Å². The second-order valence-electron chi connectivity index (χ2n) is 6.44. The van der Waals surface area contributed by atoms with Crippen LogP contribution in [0.4, 0.5) is 4.79 Å². The van der Waals surface area contributed by atoms with Crippen LogP contribution in [0.25, 0.3) is 0 Å². The molecule has 1 amide bonds. The van der Waals surface area contributed by atoms with E-state index in [0.29, 0.717) is 13.0 Å². The summed E-state index contributed by atoms with van der Waals surface area (Å²) in [6.07, 6.45) is 2.77. The summed E-state index contributed by atoms with van der Waals surface area (Å²) < 4.78 is 10.9. The van der Waals surface area contributed by atoms with Crippen LogP contribution in [0.5, 0.6) is 0 Å². The molecule has 1 heterocycles. The normalized spacial score (nSPS) is 23.6. The Labute approximate surface area is 144 Å². The number of aliphatic hydroxyl groups is 1. The number of nitrogens with zero attached hydrogens (tertiary/aromatic N) is 1. The molecule has 1 fully saturated rings. The predicted molar refractivity (Wildman–Crippen MR) is 81.5 cm³/mol. The molecule has 5 nitrogen and oxygen atoms in total. The molecule has 0 aliphatic carbocycles. The molecule has 1 aliphatic rings. The van der Waals surface area contributed by atoms with Gasteiger partial charge in [0.1, 0.15) is 5.60 Å². The summed E-state index contributed by atoms with van der Waals surface area (Å²) in [5, 5.41) is 9.13. The van der Waals surface area contributed by atoms with E-state index in [2.05, 4.69) is 9.47 Å². The van der Waals surface area contributed by atoms with Crippen molar-refractivity contribution in [2.24, 2.45) is 0 Å². The van der Waals surface area contributed by atoms with Gasteiger partial charge in [-0.2, -0.15) is 0 Å². The third kappa shape index (κ3) is 5.46. The summed E-state index contributed by atoms with van der Waals surface area (Å²) in [5.74, 6) is 0. The second kappa shape index (κ2) is 8.81. The Kier molecular flexibility index (Phi) is 8.94. The van der Waals surface area contributed by atoms with Crippen LogP contribution in [0.15, 0.2) is 0 Å². The van der Waals surface area contributed by atoms with Gasteiger partial charge in [0.2, 0.25) is 0 Å². The Balaban J connectivity index is 0.00000400. The Bertz CT molecular complexity index is 337. The van der Waals surface area contributed by atoms with Crippen molar-refractivity contribution >= 4 is 15.6 Å². The number of likely N-dealkylation sites (tertiary alicyclic amines) is 1. The summed E-state index contributed by atoms with van der Waals surface area (Å²) in [5.41, 5.74) is -0.889. The van der Waals surface area contributed by atoms with E-state index in [1.807, 2.05) is 27.7 Å². The van der Waals surface area contributed by atoms with Gasteiger partial charge >= 0.3 is 6.09 Å². The van der Waals surface area contributed by atoms with Crippen LogP contribution < -0.4 is 0 Å². The van der Waals surface area contributed by atoms with E-state index in [1.165, 1.54) is 0 Å². The van der Waals surface area contributed by atoms with Gasteiger partial charge in [0.15, 0.2) is 0 Å². The fourth-order valence-corrected chi connectivity index (χ4v) is 3.14. The fourth-order valence-electron chi connectivity index (χ4n) is 2.89. The van der Waals surface area contributed by atoms with Gasteiger partial charge in [-0.1, -0.05) is 0 Å². The van der Waals surface area contributed by atoms with Gasteiger partial charge in [-0.3, -0.25) is 4.90 Å². The summed E-state index contributed by atoms with van der Waals surface area (Å²) in [7, 11) is 2.28. The zero-order valence-corrected chi connectivity index (χ0v) is 17.5. The van der Waals surface area contributed by atoms with Gasteiger partial charge < -0.3 is 14.4 Å². The molecule has 7 heteroatoms. The Hall–Kier alpha value is 0.308. The molecule has 124 valence electrons. The molecule has 0 aromatic heterocycles. The first kappa shape index (κ1) is 21.3. The number of carbonyl (C=O) groups excluding carboxylic acids is 1. The van der Waals surface area contributed by atoms with E-state index in [0.717, 1.165) is 19.3 Å². The van der Waals surface area contributed by atoms with Crippen molar-refractivity contribution in [2.45, 2.75) is 70.6 Å². The molecule has 3 unspecified atom stereocenters. The van der Waals surface area contributed by atoms with E-state index in [4.69, 9.17) is 14.4 Å². The van der Waals surface area contributed by atoms with E-state index in [9.17, 15) is 4.79 Å². The first-order valence-corrected chi connectivity index (χ1v) is 7.71. The third-order valence-electron chi connectivity index (χ3n) is 3.87. The monoisotopic (exact) mass is 489 g/mol. The number of rotatable bonds is 5. The van der Waals surface area contributed by atoms with Crippen LogP contribution in [0.3, 0.4) is 0 Å². The van der Waals surface area contributed by atoms with Crippen LogP contribution in [0, 0.1) is 0 Å². The number of ether oxygens (including phenoxy) is 1. The van der Waals surface area contributed by atoms with Gasteiger partial charge in [0.25, 0.3) is 0 Å². The molecule has 0 aromatic carbocycles. The van der Waals surface area contributed by atoms with Crippen LogP contribution >= 0.6 is 9.47 Å². The maximum Gasteiger partial charge on any atom is 0.410 e. The van der Waals surface area contributed by atoms with Crippen LogP contribution in [0.2, 0.25) is 0 Å².